The van der Waals surface area contributed by atoms with E-state index < -0.39 is 4.92 Å². The number of ether oxygens (including phenoxy) is 2. The summed E-state index contributed by atoms with van der Waals surface area (Å²) in [5.74, 6) is 1.24. The van der Waals surface area contributed by atoms with Crippen LogP contribution in [0.2, 0.25) is 0 Å². The van der Waals surface area contributed by atoms with Gasteiger partial charge in [0.1, 0.15) is 24.6 Å². The fraction of sp³-hybridized carbons (Fsp3) is 0.333. The van der Waals surface area contributed by atoms with Crippen LogP contribution in [0.15, 0.2) is 42.5 Å². The predicted octanol–water partition coefficient (Wildman–Crippen LogP) is 4.11. The van der Waals surface area contributed by atoms with Crippen LogP contribution in [-0.4, -0.2) is 33.8 Å². The Hall–Kier alpha value is -3.88. The molecular weight excluding hydrogens is 424 g/mol. The lowest BCUT2D eigenvalue weighted by Gasteiger charge is -2.22. The molecule has 4 rings (SSSR count). The van der Waals surface area contributed by atoms with Crippen molar-refractivity contribution in [1.82, 2.24) is 15.1 Å². The molecule has 1 aliphatic heterocycles. The van der Waals surface area contributed by atoms with Gasteiger partial charge in [-0.25, -0.2) is 0 Å². The van der Waals surface area contributed by atoms with E-state index in [4.69, 9.17) is 9.47 Å². The Morgan fingerprint density at radius 3 is 2.48 bits per heavy atom. The molecule has 9 heteroatoms. The highest BCUT2D eigenvalue weighted by Gasteiger charge is 2.22. The normalized spacial score (nSPS) is 13.4. The topological polar surface area (TPSA) is 109 Å². The van der Waals surface area contributed by atoms with Gasteiger partial charge in [0.05, 0.1) is 17.5 Å². The number of nitrogens with zero attached hydrogens (tertiary/aromatic N) is 3. The van der Waals surface area contributed by atoms with Crippen molar-refractivity contribution >= 4 is 11.6 Å². The maximum Gasteiger partial charge on any atom is 0.312 e. The molecule has 0 aliphatic carbocycles. The van der Waals surface area contributed by atoms with E-state index in [-0.39, 0.29) is 17.6 Å². The molecule has 1 aromatic heterocycles. The number of hydrogen-bond acceptors (Lipinski definition) is 6. The van der Waals surface area contributed by atoms with Gasteiger partial charge < -0.3 is 14.8 Å². The Bertz CT molecular complexity index is 1190. The lowest BCUT2D eigenvalue weighted by atomic mass is 10.0. The summed E-state index contributed by atoms with van der Waals surface area (Å²) >= 11 is 0. The van der Waals surface area contributed by atoms with Crippen LogP contribution >= 0.6 is 0 Å². The second-order valence-electron chi connectivity index (χ2n) is 7.97. The van der Waals surface area contributed by atoms with Crippen molar-refractivity contribution in [2.24, 2.45) is 0 Å². The Balaban J connectivity index is 1.45. The highest BCUT2D eigenvalue weighted by atomic mass is 16.6. The van der Waals surface area contributed by atoms with E-state index in [2.05, 4.69) is 10.4 Å². The highest BCUT2D eigenvalue weighted by Crippen LogP contribution is 2.33. The van der Waals surface area contributed by atoms with Crippen LogP contribution in [0.4, 0.5) is 5.69 Å². The molecule has 0 bridgehead atoms. The number of fused-ring (bicyclic) bond motifs is 1. The Labute approximate surface area is 191 Å². The molecule has 172 valence electrons. The van der Waals surface area contributed by atoms with Crippen molar-refractivity contribution in [2.45, 2.75) is 39.8 Å². The van der Waals surface area contributed by atoms with Gasteiger partial charge in [0.25, 0.3) is 5.91 Å². The first kappa shape index (κ1) is 22.3. The summed E-state index contributed by atoms with van der Waals surface area (Å²) in [6, 6.07) is 12.7. The first-order chi connectivity index (χ1) is 15.9. The molecule has 1 amide bonds. The third-order valence-electron chi connectivity index (χ3n) is 5.76. The SMILES string of the molecule is CCC(NC(=O)c1ccc(Cn2nc(C)c([N+](=O)[O-])c2C)cc1)c1ccc2c(c1)OCCO2. The number of carbonyl (C=O) groups is 1. The molecule has 2 heterocycles. The number of hydrogen-bond donors (Lipinski definition) is 1. The first-order valence-electron chi connectivity index (χ1n) is 10.8. The lowest BCUT2D eigenvalue weighted by Crippen LogP contribution is -2.28. The highest BCUT2D eigenvalue weighted by molar-refractivity contribution is 5.94. The van der Waals surface area contributed by atoms with Crippen LogP contribution in [0.5, 0.6) is 11.5 Å². The third-order valence-corrected chi connectivity index (χ3v) is 5.76. The standard InChI is InChI=1S/C24H26N4O5/c1-4-20(19-9-10-21-22(13-19)33-12-11-32-21)25-24(29)18-7-5-17(6-8-18)14-27-16(3)23(28(30)31)15(2)26-27/h5-10,13,20H,4,11-12,14H2,1-3H3,(H,25,29). The molecule has 1 unspecified atom stereocenters. The van der Waals surface area contributed by atoms with Crippen molar-refractivity contribution in [3.05, 3.63) is 80.7 Å². The van der Waals surface area contributed by atoms with Gasteiger partial charge in [0.2, 0.25) is 0 Å². The van der Waals surface area contributed by atoms with E-state index in [1.165, 1.54) is 0 Å². The van der Waals surface area contributed by atoms with Crippen LogP contribution in [0.3, 0.4) is 0 Å². The monoisotopic (exact) mass is 450 g/mol. The molecule has 1 aliphatic rings. The Morgan fingerprint density at radius 1 is 1.15 bits per heavy atom. The zero-order chi connectivity index (χ0) is 23.5. The smallest absolute Gasteiger partial charge is 0.312 e. The van der Waals surface area contributed by atoms with Gasteiger partial charge in [-0.1, -0.05) is 25.1 Å². The summed E-state index contributed by atoms with van der Waals surface area (Å²) in [5, 5.41) is 18.6. The molecule has 1 atom stereocenters. The van der Waals surface area contributed by atoms with E-state index >= 15 is 0 Å². The predicted molar refractivity (Wildman–Crippen MR) is 122 cm³/mol. The van der Waals surface area contributed by atoms with Crippen molar-refractivity contribution in [2.75, 3.05) is 13.2 Å². The number of benzene rings is 2. The quantitative estimate of drug-likeness (QED) is 0.429. The number of aryl methyl sites for hydroxylation is 1. The number of carbonyl (C=O) groups excluding carboxylic acids is 1. The number of rotatable bonds is 7. The van der Waals surface area contributed by atoms with Gasteiger partial charge in [-0.3, -0.25) is 19.6 Å². The minimum absolute atomic E-state index is 0.0377. The van der Waals surface area contributed by atoms with E-state index in [1.54, 1.807) is 30.7 Å². The number of aromatic nitrogens is 2. The van der Waals surface area contributed by atoms with Crippen molar-refractivity contribution < 1.29 is 19.2 Å². The average Bonchev–Trinajstić information content (AvgIpc) is 3.10. The molecule has 0 radical (unpaired) electrons. The molecule has 0 saturated heterocycles. The zero-order valence-electron chi connectivity index (χ0n) is 18.8. The summed E-state index contributed by atoms with van der Waals surface area (Å²) in [4.78, 5) is 23.7. The summed E-state index contributed by atoms with van der Waals surface area (Å²) in [5.41, 5.74) is 3.32. The molecule has 2 aromatic carbocycles. The van der Waals surface area contributed by atoms with Gasteiger partial charge in [-0.15, -0.1) is 0 Å². The average molecular weight is 450 g/mol. The maximum absolute atomic E-state index is 12.9. The third kappa shape index (κ3) is 4.67. The van der Waals surface area contributed by atoms with Gasteiger partial charge >= 0.3 is 5.69 Å². The molecule has 3 aromatic rings. The second-order valence-corrected chi connectivity index (χ2v) is 7.97. The summed E-state index contributed by atoms with van der Waals surface area (Å²) < 4.78 is 12.8. The van der Waals surface area contributed by atoms with E-state index in [0.717, 1.165) is 23.3 Å². The van der Waals surface area contributed by atoms with Crippen LogP contribution in [-0.2, 0) is 6.54 Å². The van der Waals surface area contributed by atoms with E-state index in [0.29, 0.717) is 42.5 Å². The van der Waals surface area contributed by atoms with Crippen LogP contribution < -0.4 is 14.8 Å². The Kier molecular flexibility index (Phi) is 6.30. The van der Waals surface area contributed by atoms with Crippen LogP contribution in [0, 0.1) is 24.0 Å². The van der Waals surface area contributed by atoms with E-state index in [9.17, 15) is 14.9 Å². The minimum atomic E-state index is -0.409. The first-order valence-corrected chi connectivity index (χ1v) is 10.8. The zero-order valence-corrected chi connectivity index (χ0v) is 18.8. The largest absolute Gasteiger partial charge is 0.486 e. The number of nitro groups is 1. The van der Waals surface area contributed by atoms with Crippen LogP contribution in [0.25, 0.3) is 0 Å². The van der Waals surface area contributed by atoms with Gasteiger partial charge in [-0.05, 0) is 55.7 Å². The lowest BCUT2D eigenvalue weighted by molar-refractivity contribution is -0.386. The van der Waals surface area contributed by atoms with Crippen LogP contribution in [0.1, 0.15) is 52.3 Å². The molecule has 9 nitrogen and oxygen atoms in total. The molecule has 0 spiro atoms. The maximum atomic E-state index is 12.9. The molecule has 33 heavy (non-hydrogen) atoms. The van der Waals surface area contributed by atoms with Crippen molar-refractivity contribution in [3.63, 3.8) is 0 Å². The number of nitrogens with one attached hydrogen (secondary N) is 1. The second kappa shape index (κ2) is 9.32. The molecule has 1 N–H and O–H groups in total. The van der Waals surface area contributed by atoms with Crippen molar-refractivity contribution in [1.29, 1.82) is 0 Å². The van der Waals surface area contributed by atoms with Gasteiger partial charge in [-0.2, -0.15) is 5.10 Å². The van der Waals surface area contributed by atoms with Gasteiger partial charge in [0.15, 0.2) is 11.5 Å². The fourth-order valence-electron chi connectivity index (χ4n) is 3.98. The minimum Gasteiger partial charge on any atom is -0.486 e. The summed E-state index contributed by atoms with van der Waals surface area (Å²) in [6.07, 6.45) is 0.722. The summed E-state index contributed by atoms with van der Waals surface area (Å²) in [6.45, 7) is 6.75. The van der Waals surface area contributed by atoms with Crippen molar-refractivity contribution in [3.8, 4) is 11.5 Å². The molecule has 0 fully saturated rings. The molecule has 0 saturated carbocycles. The Morgan fingerprint density at radius 2 is 1.85 bits per heavy atom. The van der Waals surface area contributed by atoms with E-state index in [1.807, 2.05) is 37.3 Å². The molecular formula is C24H26N4O5. The number of amides is 1. The summed E-state index contributed by atoms with van der Waals surface area (Å²) in [7, 11) is 0. The fourth-order valence-corrected chi connectivity index (χ4v) is 3.98. The van der Waals surface area contributed by atoms with Gasteiger partial charge in [0, 0.05) is 5.56 Å².